The maximum atomic E-state index is 13.7. The Morgan fingerprint density at radius 2 is 2.11 bits per heavy atom. The van der Waals surface area contributed by atoms with Gasteiger partial charge in [-0.1, -0.05) is 25.1 Å². The Morgan fingerprint density at radius 3 is 2.67 bits per heavy atom. The Morgan fingerprint density at radius 1 is 1.39 bits per heavy atom. The molecule has 0 aliphatic rings. The number of methoxy groups -OCH3 is 1. The average molecular weight is 250 g/mol. The molecule has 2 N–H and O–H groups in total. The molecule has 4 nitrogen and oxygen atoms in total. The number of nitrogens with zero attached hydrogens (tertiary/aromatic N) is 1. The minimum absolute atomic E-state index is 0.145. The molecule has 0 aliphatic carbocycles. The summed E-state index contributed by atoms with van der Waals surface area (Å²) in [6.07, 6.45) is 0. The molecule has 0 radical (unpaired) electrons. The first-order valence-electron chi connectivity index (χ1n) is 5.63. The van der Waals surface area contributed by atoms with Crippen LogP contribution in [0.3, 0.4) is 0 Å². The summed E-state index contributed by atoms with van der Waals surface area (Å²) >= 11 is 0. The second kappa shape index (κ2) is 4.68. The highest BCUT2D eigenvalue weighted by atomic mass is 19.1. The minimum Gasteiger partial charge on any atom is -0.494 e. The van der Waals surface area contributed by atoms with Gasteiger partial charge in [-0.3, -0.25) is 0 Å². The Bertz CT molecular complexity index is 564. The number of nitrogen functional groups attached to an aromatic ring is 1. The van der Waals surface area contributed by atoms with Crippen molar-refractivity contribution in [1.29, 1.82) is 0 Å². The summed E-state index contributed by atoms with van der Waals surface area (Å²) in [4.78, 5) is 0. The summed E-state index contributed by atoms with van der Waals surface area (Å²) in [5.41, 5.74) is 7.75. The van der Waals surface area contributed by atoms with Crippen LogP contribution in [0.2, 0.25) is 0 Å². The zero-order chi connectivity index (χ0) is 13.3. The van der Waals surface area contributed by atoms with Gasteiger partial charge in [-0.2, -0.15) is 0 Å². The van der Waals surface area contributed by atoms with Crippen LogP contribution < -0.4 is 10.5 Å². The lowest BCUT2D eigenvalue weighted by molar-refractivity contribution is 0.386. The van der Waals surface area contributed by atoms with E-state index < -0.39 is 5.82 Å². The van der Waals surface area contributed by atoms with E-state index in [-0.39, 0.29) is 17.6 Å². The standard InChI is InChI=1S/C13H15FN2O2/c1-7(2)12-11(13(15)18-16-12)8-4-5-10(17-3)9(14)6-8/h4-7H,15H2,1-3H3. The third-order valence-electron chi connectivity index (χ3n) is 2.73. The van der Waals surface area contributed by atoms with E-state index >= 15 is 0 Å². The molecule has 0 unspecified atom stereocenters. The lowest BCUT2D eigenvalue weighted by Gasteiger charge is -2.07. The SMILES string of the molecule is COc1ccc(-c2c(C(C)C)noc2N)cc1F. The maximum absolute atomic E-state index is 13.7. The Hall–Kier alpha value is -2.04. The first-order valence-corrected chi connectivity index (χ1v) is 5.63. The van der Waals surface area contributed by atoms with Crippen molar-refractivity contribution in [2.24, 2.45) is 0 Å². The fourth-order valence-corrected chi connectivity index (χ4v) is 1.82. The first-order chi connectivity index (χ1) is 8.54. The first kappa shape index (κ1) is 12.4. The van der Waals surface area contributed by atoms with Crippen LogP contribution >= 0.6 is 0 Å². The highest BCUT2D eigenvalue weighted by Crippen LogP contribution is 2.35. The van der Waals surface area contributed by atoms with E-state index in [2.05, 4.69) is 5.16 Å². The highest BCUT2D eigenvalue weighted by Gasteiger charge is 2.19. The number of anilines is 1. The topological polar surface area (TPSA) is 61.3 Å². The van der Waals surface area contributed by atoms with Crippen molar-refractivity contribution >= 4 is 5.88 Å². The van der Waals surface area contributed by atoms with Gasteiger partial charge in [0, 0.05) is 0 Å². The van der Waals surface area contributed by atoms with Crippen LogP contribution in [0.25, 0.3) is 11.1 Å². The molecule has 0 amide bonds. The lowest BCUT2D eigenvalue weighted by atomic mass is 9.99. The van der Waals surface area contributed by atoms with Gasteiger partial charge in [-0.05, 0) is 23.6 Å². The summed E-state index contributed by atoms with van der Waals surface area (Å²) in [6.45, 7) is 3.95. The van der Waals surface area contributed by atoms with E-state index in [4.69, 9.17) is 15.0 Å². The highest BCUT2D eigenvalue weighted by molar-refractivity contribution is 5.76. The van der Waals surface area contributed by atoms with Gasteiger partial charge in [-0.25, -0.2) is 4.39 Å². The van der Waals surface area contributed by atoms with E-state index in [0.29, 0.717) is 11.1 Å². The van der Waals surface area contributed by atoms with Gasteiger partial charge < -0.3 is 15.0 Å². The van der Waals surface area contributed by atoms with Crippen molar-refractivity contribution in [3.63, 3.8) is 0 Å². The monoisotopic (exact) mass is 250 g/mol. The van der Waals surface area contributed by atoms with Crippen molar-refractivity contribution in [3.05, 3.63) is 29.7 Å². The summed E-state index contributed by atoms with van der Waals surface area (Å²) in [5.74, 6) is 0.0969. The molecular formula is C13H15FN2O2. The van der Waals surface area contributed by atoms with Gasteiger partial charge in [0.05, 0.1) is 18.4 Å². The zero-order valence-electron chi connectivity index (χ0n) is 10.5. The molecule has 2 aromatic rings. The van der Waals surface area contributed by atoms with Crippen LogP contribution in [0, 0.1) is 5.82 Å². The summed E-state index contributed by atoms with van der Waals surface area (Å²) in [7, 11) is 1.42. The molecule has 1 aromatic heterocycles. The van der Waals surface area contributed by atoms with Crippen LogP contribution in [0.5, 0.6) is 5.75 Å². The quantitative estimate of drug-likeness (QED) is 0.908. The minimum atomic E-state index is -0.440. The van der Waals surface area contributed by atoms with Gasteiger partial charge in [0.15, 0.2) is 11.6 Å². The molecule has 0 spiro atoms. The van der Waals surface area contributed by atoms with Gasteiger partial charge >= 0.3 is 0 Å². The van der Waals surface area contributed by atoms with E-state index in [9.17, 15) is 4.39 Å². The molecule has 2 rings (SSSR count). The smallest absolute Gasteiger partial charge is 0.230 e. The largest absolute Gasteiger partial charge is 0.494 e. The van der Waals surface area contributed by atoms with Crippen LogP contribution in [0.1, 0.15) is 25.5 Å². The number of hydrogen-bond acceptors (Lipinski definition) is 4. The van der Waals surface area contributed by atoms with Crippen molar-refractivity contribution in [2.75, 3.05) is 12.8 Å². The molecule has 0 bridgehead atoms. The second-order valence-electron chi connectivity index (χ2n) is 4.31. The number of halogens is 1. The summed E-state index contributed by atoms with van der Waals surface area (Å²) in [5, 5.41) is 3.91. The Labute approximate surface area is 105 Å². The van der Waals surface area contributed by atoms with Crippen molar-refractivity contribution in [1.82, 2.24) is 5.16 Å². The van der Waals surface area contributed by atoms with E-state index in [1.807, 2.05) is 13.8 Å². The molecule has 18 heavy (non-hydrogen) atoms. The fraction of sp³-hybridized carbons (Fsp3) is 0.308. The molecule has 1 aromatic carbocycles. The van der Waals surface area contributed by atoms with Gasteiger partial charge in [0.25, 0.3) is 0 Å². The predicted molar refractivity (Wildman–Crippen MR) is 67.0 cm³/mol. The van der Waals surface area contributed by atoms with E-state index in [1.54, 1.807) is 12.1 Å². The number of nitrogens with two attached hydrogens (primary N) is 1. The predicted octanol–water partition coefficient (Wildman–Crippen LogP) is 3.19. The third-order valence-corrected chi connectivity index (χ3v) is 2.73. The Balaban J connectivity index is 2.55. The maximum Gasteiger partial charge on any atom is 0.230 e. The number of rotatable bonds is 3. The number of benzene rings is 1. The lowest BCUT2D eigenvalue weighted by Crippen LogP contribution is -1.94. The molecule has 0 atom stereocenters. The van der Waals surface area contributed by atoms with Crippen LogP contribution in [-0.2, 0) is 0 Å². The normalized spacial score (nSPS) is 10.9. The summed E-state index contributed by atoms with van der Waals surface area (Å²) < 4.78 is 23.6. The molecule has 0 saturated heterocycles. The molecule has 0 aliphatic heterocycles. The molecule has 0 fully saturated rings. The van der Waals surface area contributed by atoms with E-state index in [1.165, 1.54) is 13.2 Å². The molecule has 96 valence electrons. The molecule has 0 saturated carbocycles. The average Bonchev–Trinajstić information content (AvgIpc) is 2.71. The van der Waals surface area contributed by atoms with E-state index in [0.717, 1.165) is 5.69 Å². The third kappa shape index (κ3) is 2.03. The molecule has 5 heteroatoms. The number of hydrogen-bond donors (Lipinski definition) is 1. The van der Waals surface area contributed by atoms with Gasteiger partial charge in [0.1, 0.15) is 0 Å². The Kier molecular flexibility index (Phi) is 3.23. The number of aromatic nitrogens is 1. The summed E-state index contributed by atoms with van der Waals surface area (Å²) in [6, 6.07) is 4.66. The van der Waals surface area contributed by atoms with Crippen molar-refractivity contribution in [3.8, 4) is 16.9 Å². The van der Waals surface area contributed by atoms with Gasteiger partial charge in [0.2, 0.25) is 5.88 Å². The fourth-order valence-electron chi connectivity index (χ4n) is 1.82. The molecular weight excluding hydrogens is 235 g/mol. The van der Waals surface area contributed by atoms with Crippen molar-refractivity contribution in [2.45, 2.75) is 19.8 Å². The van der Waals surface area contributed by atoms with Crippen LogP contribution in [-0.4, -0.2) is 12.3 Å². The van der Waals surface area contributed by atoms with Gasteiger partial charge in [-0.15, -0.1) is 0 Å². The second-order valence-corrected chi connectivity index (χ2v) is 4.31. The molecule has 1 heterocycles. The van der Waals surface area contributed by atoms with Crippen LogP contribution in [0.4, 0.5) is 10.3 Å². The van der Waals surface area contributed by atoms with Crippen LogP contribution in [0.15, 0.2) is 22.7 Å². The zero-order valence-corrected chi connectivity index (χ0v) is 10.5. The number of ether oxygens (including phenoxy) is 1. The van der Waals surface area contributed by atoms with Crippen molar-refractivity contribution < 1.29 is 13.7 Å².